The molecule has 1 aromatic rings. The summed E-state index contributed by atoms with van der Waals surface area (Å²) in [6, 6.07) is 4.42. The van der Waals surface area contributed by atoms with E-state index in [4.69, 9.17) is 0 Å². The second-order valence-corrected chi connectivity index (χ2v) is 4.63. The van der Waals surface area contributed by atoms with Crippen molar-refractivity contribution in [3.63, 3.8) is 0 Å². The van der Waals surface area contributed by atoms with Crippen molar-refractivity contribution in [1.29, 1.82) is 0 Å². The Hall–Kier alpha value is -1.22. The SMILES string of the molecule is Cc1cc(NCC2CCCN2)c(C)cc1O. The molecule has 16 heavy (non-hydrogen) atoms. The molecule has 1 saturated heterocycles. The second kappa shape index (κ2) is 4.74. The van der Waals surface area contributed by atoms with Gasteiger partial charge in [0, 0.05) is 18.3 Å². The molecule has 1 fully saturated rings. The molecule has 2 rings (SSSR count). The van der Waals surface area contributed by atoms with Crippen molar-refractivity contribution in [2.75, 3.05) is 18.4 Å². The van der Waals surface area contributed by atoms with Crippen molar-refractivity contribution in [3.05, 3.63) is 23.3 Å². The monoisotopic (exact) mass is 220 g/mol. The summed E-state index contributed by atoms with van der Waals surface area (Å²) in [6.07, 6.45) is 2.53. The van der Waals surface area contributed by atoms with Crippen molar-refractivity contribution < 1.29 is 5.11 Å². The zero-order valence-corrected chi connectivity index (χ0v) is 10.0. The molecule has 1 unspecified atom stereocenters. The van der Waals surface area contributed by atoms with Crippen molar-refractivity contribution in [2.24, 2.45) is 0 Å². The van der Waals surface area contributed by atoms with Crippen LogP contribution in [0, 0.1) is 13.8 Å². The summed E-state index contributed by atoms with van der Waals surface area (Å²) in [5.41, 5.74) is 3.15. The van der Waals surface area contributed by atoms with Gasteiger partial charge in [-0.25, -0.2) is 0 Å². The fourth-order valence-corrected chi connectivity index (χ4v) is 2.16. The quantitative estimate of drug-likeness (QED) is 0.684. The van der Waals surface area contributed by atoms with Crippen LogP contribution in [0.2, 0.25) is 0 Å². The van der Waals surface area contributed by atoms with Gasteiger partial charge in [0.1, 0.15) is 5.75 Å². The van der Waals surface area contributed by atoms with Crippen LogP contribution in [0.25, 0.3) is 0 Å². The number of anilines is 1. The standard InChI is InChI=1S/C13H20N2O/c1-9-7-13(16)10(2)6-12(9)15-8-11-4-3-5-14-11/h6-7,11,14-16H,3-5,8H2,1-2H3. The summed E-state index contributed by atoms with van der Waals surface area (Å²) in [6.45, 7) is 6.04. The molecule has 1 atom stereocenters. The van der Waals surface area contributed by atoms with Gasteiger partial charge in [0.15, 0.2) is 0 Å². The number of rotatable bonds is 3. The minimum atomic E-state index is 0.377. The number of aryl methyl sites for hydroxylation is 2. The molecule has 1 aliphatic heterocycles. The molecule has 0 aromatic heterocycles. The van der Waals surface area contributed by atoms with Gasteiger partial charge in [-0.15, -0.1) is 0 Å². The fourth-order valence-electron chi connectivity index (χ4n) is 2.16. The summed E-state index contributed by atoms with van der Waals surface area (Å²) in [4.78, 5) is 0. The lowest BCUT2D eigenvalue weighted by Gasteiger charge is -2.15. The van der Waals surface area contributed by atoms with Crippen LogP contribution in [0.1, 0.15) is 24.0 Å². The van der Waals surface area contributed by atoms with E-state index < -0.39 is 0 Å². The first kappa shape index (κ1) is 11.3. The molecule has 0 radical (unpaired) electrons. The summed E-state index contributed by atoms with van der Waals surface area (Å²) in [5, 5.41) is 16.5. The molecule has 88 valence electrons. The first-order chi connectivity index (χ1) is 7.66. The summed E-state index contributed by atoms with van der Waals surface area (Å²) < 4.78 is 0. The summed E-state index contributed by atoms with van der Waals surface area (Å²) >= 11 is 0. The normalized spacial score (nSPS) is 20.0. The highest BCUT2D eigenvalue weighted by Gasteiger charge is 2.13. The zero-order chi connectivity index (χ0) is 11.5. The van der Waals surface area contributed by atoms with Gasteiger partial charge in [-0.2, -0.15) is 0 Å². The second-order valence-electron chi connectivity index (χ2n) is 4.63. The topological polar surface area (TPSA) is 44.3 Å². The fraction of sp³-hybridized carbons (Fsp3) is 0.538. The number of phenolic OH excluding ortho intramolecular Hbond substituents is 1. The van der Waals surface area contributed by atoms with Gasteiger partial charge in [0.25, 0.3) is 0 Å². The van der Waals surface area contributed by atoms with Crippen LogP contribution in [0.15, 0.2) is 12.1 Å². The van der Waals surface area contributed by atoms with E-state index in [0.29, 0.717) is 11.8 Å². The van der Waals surface area contributed by atoms with Crippen molar-refractivity contribution in [2.45, 2.75) is 32.7 Å². The molecule has 3 nitrogen and oxygen atoms in total. The van der Waals surface area contributed by atoms with E-state index in [-0.39, 0.29) is 0 Å². The number of benzene rings is 1. The zero-order valence-electron chi connectivity index (χ0n) is 10.0. The Morgan fingerprint density at radius 1 is 1.38 bits per heavy atom. The minimum Gasteiger partial charge on any atom is -0.508 e. The smallest absolute Gasteiger partial charge is 0.118 e. The Morgan fingerprint density at radius 3 is 2.88 bits per heavy atom. The largest absolute Gasteiger partial charge is 0.508 e. The lowest BCUT2D eigenvalue weighted by molar-refractivity contribution is 0.471. The van der Waals surface area contributed by atoms with Crippen LogP contribution in [0.4, 0.5) is 5.69 Å². The number of hydrogen-bond donors (Lipinski definition) is 3. The van der Waals surface area contributed by atoms with E-state index in [9.17, 15) is 5.11 Å². The van der Waals surface area contributed by atoms with Crippen LogP contribution in [0.5, 0.6) is 5.75 Å². The molecule has 1 aliphatic rings. The van der Waals surface area contributed by atoms with Crippen LogP contribution in [0.3, 0.4) is 0 Å². The van der Waals surface area contributed by atoms with Crippen LogP contribution in [-0.2, 0) is 0 Å². The average Bonchev–Trinajstić information content (AvgIpc) is 2.74. The third-order valence-electron chi connectivity index (χ3n) is 3.24. The van der Waals surface area contributed by atoms with Crippen LogP contribution in [-0.4, -0.2) is 24.2 Å². The molecule has 1 aromatic carbocycles. The number of phenols is 1. The Morgan fingerprint density at radius 2 is 2.19 bits per heavy atom. The highest BCUT2D eigenvalue weighted by Crippen LogP contribution is 2.25. The van der Waals surface area contributed by atoms with Gasteiger partial charge in [-0.05, 0) is 56.5 Å². The van der Waals surface area contributed by atoms with E-state index in [1.807, 2.05) is 26.0 Å². The molecule has 0 bridgehead atoms. The van der Waals surface area contributed by atoms with Gasteiger partial charge < -0.3 is 15.7 Å². The van der Waals surface area contributed by atoms with E-state index in [2.05, 4.69) is 10.6 Å². The van der Waals surface area contributed by atoms with Crippen LogP contribution >= 0.6 is 0 Å². The van der Waals surface area contributed by atoms with Crippen molar-refractivity contribution in [1.82, 2.24) is 5.32 Å². The maximum absolute atomic E-state index is 9.56. The molecule has 0 amide bonds. The molecule has 3 N–H and O–H groups in total. The highest BCUT2D eigenvalue weighted by atomic mass is 16.3. The maximum Gasteiger partial charge on any atom is 0.118 e. The third kappa shape index (κ3) is 2.47. The highest BCUT2D eigenvalue weighted by molar-refractivity contribution is 5.56. The summed E-state index contributed by atoms with van der Waals surface area (Å²) in [5.74, 6) is 0.377. The van der Waals surface area contributed by atoms with Crippen LogP contribution < -0.4 is 10.6 Å². The van der Waals surface area contributed by atoms with Gasteiger partial charge in [0.05, 0.1) is 0 Å². The Bertz CT molecular complexity index is 370. The Kier molecular flexibility index (Phi) is 3.34. The molecular formula is C13H20N2O. The number of nitrogens with one attached hydrogen (secondary N) is 2. The van der Waals surface area contributed by atoms with Gasteiger partial charge in [-0.1, -0.05) is 0 Å². The maximum atomic E-state index is 9.56. The lowest BCUT2D eigenvalue weighted by Crippen LogP contribution is -2.29. The van der Waals surface area contributed by atoms with Crippen molar-refractivity contribution in [3.8, 4) is 5.75 Å². The number of hydrogen-bond acceptors (Lipinski definition) is 3. The van der Waals surface area contributed by atoms with Crippen molar-refractivity contribution >= 4 is 5.69 Å². The molecule has 3 heteroatoms. The molecule has 0 aliphatic carbocycles. The van der Waals surface area contributed by atoms with E-state index >= 15 is 0 Å². The first-order valence-electron chi connectivity index (χ1n) is 5.94. The Balaban J connectivity index is 2.00. The molecule has 1 heterocycles. The molecule has 0 spiro atoms. The Labute approximate surface area is 96.9 Å². The van der Waals surface area contributed by atoms with E-state index in [1.54, 1.807) is 0 Å². The number of aromatic hydroxyl groups is 1. The van der Waals surface area contributed by atoms with E-state index in [0.717, 1.165) is 29.9 Å². The third-order valence-corrected chi connectivity index (χ3v) is 3.24. The van der Waals surface area contributed by atoms with Gasteiger partial charge in [0.2, 0.25) is 0 Å². The minimum absolute atomic E-state index is 0.377. The van der Waals surface area contributed by atoms with E-state index in [1.165, 1.54) is 12.8 Å². The summed E-state index contributed by atoms with van der Waals surface area (Å²) in [7, 11) is 0. The average molecular weight is 220 g/mol. The van der Waals surface area contributed by atoms with Gasteiger partial charge >= 0.3 is 0 Å². The molecular weight excluding hydrogens is 200 g/mol. The first-order valence-corrected chi connectivity index (χ1v) is 5.94. The van der Waals surface area contributed by atoms with Gasteiger partial charge in [-0.3, -0.25) is 0 Å². The predicted octanol–water partition coefficient (Wildman–Crippen LogP) is 2.17. The lowest BCUT2D eigenvalue weighted by atomic mass is 10.1. The predicted molar refractivity (Wildman–Crippen MR) is 67.1 cm³/mol. The molecule has 0 saturated carbocycles.